The van der Waals surface area contributed by atoms with Gasteiger partial charge in [0.2, 0.25) is 5.78 Å². The number of esters is 1. The third kappa shape index (κ3) is 5.33. The number of hydrogen-bond acceptors (Lipinski definition) is 6. The Morgan fingerprint density at radius 3 is 2.55 bits per heavy atom. The molecular formula is C23H20O5S. The first-order valence-corrected chi connectivity index (χ1v) is 9.93. The third-order valence-electron chi connectivity index (χ3n) is 4.03. The van der Waals surface area contributed by atoms with Crippen LogP contribution in [0.4, 0.5) is 0 Å². The Morgan fingerprint density at radius 1 is 1.07 bits per heavy atom. The van der Waals surface area contributed by atoms with E-state index in [9.17, 15) is 14.7 Å². The topological polar surface area (TPSA) is 72.8 Å². The second kappa shape index (κ2) is 9.71. The summed E-state index contributed by atoms with van der Waals surface area (Å²) in [5.74, 6) is -0.500. The second-order valence-electron chi connectivity index (χ2n) is 6.06. The molecule has 1 N–H and O–H groups in total. The molecule has 0 radical (unpaired) electrons. The highest BCUT2D eigenvalue weighted by atomic mass is 32.1. The second-order valence-corrected chi connectivity index (χ2v) is 7.01. The smallest absolute Gasteiger partial charge is 0.339 e. The van der Waals surface area contributed by atoms with E-state index in [0.29, 0.717) is 33.9 Å². The highest BCUT2D eigenvalue weighted by molar-refractivity contribution is 7.12. The molecule has 3 aromatic rings. The largest absolute Gasteiger partial charge is 0.504 e. The van der Waals surface area contributed by atoms with Gasteiger partial charge in [-0.25, -0.2) is 4.79 Å². The lowest BCUT2D eigenvalue weighted by Gasteiger charge is -2.10. The number of ketones is 1. The molecule has 1 aromatic heterocycles. The van der Waals surface area contributed by atoms with Gasteiger partial charge in [-0.3, -0.25) is 4.79 Å². The molecule has 6 heteroatoms. The van der Waals surface area contributed by atoms with Crippen LogP contribution in [0.3, 0.4) is 0 Å². The average Bonchev–Trinajstić information content (AvgIpc) is 3.28. The third-order valence-corrected chi connectivity index (χ3v) is 4.94. The van der Waals surface area contributed by atoms with Gasteiger partial charge >= 0.3 is 5.97 Å². The van der Waals surface area contributed by atoms with Crippen LogP contribution in [0.5, 0.6) is 11.5 Å². The highest BCUT2D eigenvalue weighted by Gasteiger charge is 2.17. The van der Waals surface area contributed by atoms with Gasteiger partial charge in [0.25, 0.3) is 0 Å². The van der Waals surface area contributed by atoms with E-state index in [2.05, 4.69) is 0 Å². The molecule has 0 spiro atoms. The number of carbonyl (C=O) groups is 2. The maximum absolute atomic E-state index is 12.8. The molecule has 0 amide bonds. The van der Waals surface area contributed by atoms with E-state index in [1.165, 1.54) is 17.4 Å². The number of phenolic OH excluding ortho intramolecular Hbond substituents is 1. The van der Waals surface area contributed by atoms with Gasteiger partial charge in [-0.1, -0.05) is 42.5 Å². The summed E-state index contributed by atoms with van der Waals surface area (Å²) in [6.45, 7) is 1.89. The van der Waals surface area contributed by atoms with E-state index in [1.54, 1.807) is 47.9 Å². The van der Waals surface area contributed by atoms with Crippen LogP contribution in [0, 0.1) is 0 Å². The zero-order chi connectivity index (χ0) is 20.6. The number of carbonyl (C=O) groups excluding carboxylic acids is 2. The standard InChI is InChI=1S/C23H20O5S/c1-2-27-21-14-16(10-11-19(21)24)13-18(17-7-4-3-5-8-17)23(26)28-15-20(25)22-9-6-12-29-22/h3-14,24H,2,15H2,1H3/b18-13+. The number of phenols is 1. The van der Waals surface area contributed by atoms with Gasteiger partial charge in [0.05, 0.1) is 17.1 Å². The lowest BCUT2D eigenvalue weighted by atomic mass is 10.0. The first-order valence-electron chi connectivity index (χ1n) is 9.05. The van der Waals surface area contributed by atoms with Crippen LogP contribution >= 0.6 is 11.3 Å². The highest BCUT2D eigenvalue weighted by Crippen LogP contribution is 2.29. The molecule has 0 bridgehead atoms. The van der Waals surface area contributed by atoms with Gasteiger partial charge in [-0.05, 0) is 47.7 Å². The average molecular weight is 408 g/mol. The molecule has 0 fully saturated rings. The van der Waals surface area contributed by atoms with Crippen molar-refractivity contribution in [2.24, 2.45) is 0 Å². The van der Waals surface area contributed by atoms with Crippen LogP contribution in [-0.2, 0) is 9.53 Å². The van der Waals surface area contributed by atoms with Gasteiger partial charge in [-0.2, -0.15) is 0 Å². The Hall–Kier alpha value is -3.38. The lowest BCUT2D eigenvalue weighted by molar-refractivity contribution is -0.135. The Balaban J connectivity index is 1.87. The quantitative estimate of drug-likeness (QED) is 0.250. The Labute approximate surface area is 172 Å². The van der Waals surface area contributed by atoms with Crippen molar-refractivity contribution in [1.82, 2.24) is 0 Å². The summed E-state index contributed by atoms with van der Waals surface area (Å²) in [5, 5.41) is 11.7. The van der Waals surface area contributed by atoms with Gasteiger partial charge in [0.1, 0.15) is 0 Å². The maximum Gasteiger partial charge on any atom is 0.339 e. The first-order chi connectivity index (χ1) is 14.1. The van der Waals surface area contributed by atoms with Crippen LogP contribution in [0.15, 0.2) is 66.0 Å². The van der Waals surface area contributed by atoms with Crippen LogP contribution in [-0.4, -0.2) is 30.1 Å². The zero-order valence-corrected chi connectivity index (χ0v) is 16.6. The van der Waals surface area contributed by atoms with Gasteiger partial charge < -0.3 is 14.6 Å². The van der Waals surface area contributed by atoms with Crippen molar-refractivity contribution >= 4 is 34.7 Å². The van der Waals surface area contributed by atoms with Crippen molar-refractivity contribution in [1.29, 1.82) is 0 Å². The summed E-state index contributed by atoms with van der Waals surface area (Å²) in [4.78, 5) is 25.5. The maximum atomic E-state index is 12.8. The summed E-state index contributed by atoms with van der Waals surface area (Å²) < 4.78 is 10.7. The molecule has 0 saturated carbocycles. The molecule has 3 rings (SSSR count). The molecule has 1 heterocycles. The molecule has 0 aliphatic rings. The first kappa shape index (κ1) is 20.4. The Morgan fingerprint density at radius 2 is 1.86 bits per heavy atom. The van der Waals surface area contributed by atoms with E-state index in [1.807, 2.05) is 25.1 Å². The lowest BCUT2D eigenvalue weighted by Crippen LogP contribution is -2.14. The van der Waals surface area contributed by atoms with Crippen molar-refractivity contribution < 1.29 is 24.2 Å². The zero-order valence-electron chi connectivity index (χ0n) is 15.8. The molecule has 0 saturated heterocycles. The van der Waals surface area contributed by atoms with E-state index in [-0.39, 0.29) is 18.1 Å². The molecule has 29 heavy (non-hydrogen) atoms. The minimum Gasteiger partial charge on any atom is -0.504 e. The van der Waals surface area contributed by atoms with Crippen molar-refractivity contribution in [3.05, 3.63) is 82.0 Å². The summed E-state index contributed by atoms with van der Waals surface area (Å²) in [5.41, 5.74) is 1.62. The molecule has 0 atom stereocenters. The summed E-state index contributed by atoms with van der Waals surface area (Å²) >= 11 is 1.30. The molecule has 0 unspecified atom stereocenters. The number of ether oxygens (including phenoxy) is 2. The molecule has 0 aliphatic carbocycles. The van der Waals surface area contributed by atoms with Crippen LogP contribution in [0.2, 0.25) is 0 Å². The minimum atomic E-state index is -0.604. The predicted molar refractivity (Wildman–Crippen MR) is 113 cm³/mol. The van der Waals surface area contributed by atoms with Crippen molar-refractivity contribution in [2.45, 2.75) is 6.92 Å². The monoisotopic (exact) mass is 408 g/mol. The Bertz CT molecular complexity index is 1010. The fraction of sp³-hybridized carbons (Fsp3) is 0.130. The molecule has 5 nitrogen and oxygen atoms in total. The van der Waals surface area contributed by atoms with Gasteiger partial charge in [0, 0.05) is 0 Å². The molecule has 0 aliphatic heterocycles. The van der Waals surface area contributed by atoms with E-state index in [4.69, 9.17) is 9.47 Å². The number of benzene rings is 2. The minimum absolute atomic E-state index is 0.0226. The van der Waals surface area contributed by atoms with Crippen molar-refractivity contribution in [3.8, 4) is 11.5 Å². The SMILES string of the molecule is CCOc1cc(/C=C(/C(=O)OCC(=O)c2cccs2)c2ccccc2)ccc1O. The van der Waals surface area contributed by atoms with Crippen molar-refractivity contribution in [2.75, 3.05) is 13.2 Å². The van der Waals surface area contributed by atoms with Crippen molar-refractivity contribution in [3.63, 3.8) is 0 Å². The summed E-state index contributed by atoms with van der Waals surface area (Å²) in [6.07, 6.45) is 1.65. The van der Waals surface area contributed by atoms with Crippen LogP contribution in [0.25, 0.3) is 11.6 Å². The normalized spacial score (nSPS) is 11.1. The number of aromatic hydroxyl groups is 1. The summed E-state index contributed by atoms with van der Waals surface area (Å²) in [6, 6.07) is 17.3. The molecular weight excluding hydrogens is 388 g/mol. The summed E-state index contributed by atoms with van der Waals surface area (Å²) in [7, 11) is 0. The fourth-order valence-electron chi connectivity index (χ4n) is 2.65. The van der Waals surface area contributed by atoms with E-state index >= 15 is 0 Å². The fourth-order valence-corrected chi connectivity index (χ4v) is 3.30. The van der Waals surface area contributed by atoms with Crippen LogP contribution < -0.4 is 4.74 Å². The van der Waals surface area contributed by atoms with Gasteiger partial charge in [-0.15, -0.1) is 11.3 Å². The van der Waals surface area contributed by atoms with E-state index < -0.39 is 5.97 Å². The number of rotatable bonds is 8. The number of thiophene rings is 1. The predicted octanol–water partition coefficient (Wildman–Crippen LogP) is 4.82. The molecule has 2 aromatic carbocycles. The molecule has 148 valence electrons. The number of Topliss-reactive ketones (excluding diaryl/α,β-unsaturated/α-hetero) is 1. The van der Waals surface area contributed by atoms with E-state index in [0.717, 1.165) is 0 Å². The number of hydrogen-bond donors (Lipinski definition) is 1. The van der Waals surface area contributed by atoms with Crippen LogP contribution in [0.1, 0.15) is 27.7 Å². The van der Waals surface area contributed by atoms with Gasteiger partial charge in [0.15, 0.2) is 18.1 Å². The Kier molecular flexibility index (Phi) is 6.81.